The molecule has 9 heteroatoms. The van der Waals surface area contributed by atoms with Gasteiger partial charge in [-0.2, -0.15) is 0 Å². The number of carbonyl (C=O) groups is 2. The number of nitrogens with zero attached hydrogens (tertiary/aromatic N) is 1. The van der Waals surface area contributed by atoms with E-state index in [1.807, 2.05) is 6.92 Å². The van der Waals surface area contributed by atoms with Crippen LogP contribution in [0.15, 0.2) is 38.6 Å². The van der Waals surface area contributed by atoms with Crippen molar-refractivity contribution in [2.45, 2.75) is 24.8 Å². The lowest BCUT2D eigenvalue weighted by molar-refractivity contribution is -0.772. The molecule has 2 rings (SSSR count). The van der Waals surface area contributed by atoms with E-state index >= 15 is 0 Å². The lowest BCUT2D eigenvalue weighted by atomic mass is 10.2. The first-order valence-corrected chi connectivity index (χ1v) is 8.77. The summed E-state index contributed by atoms with van der Waals surface area (Å²) in [5, 5.41) is 5.38. The summed E-state index contributed by atoms with van der Waals surface area (Å²) >= 11 is 1.07. The number of ether oxygens (including phenoxy) is 1. The van der Waals surface area contributed by atoms with E-state index in [1.165, 1.54) is 4.68 Å². The first-order valence-electron chi connectivity index (χ1n) is 7.78. The van der Waals surface area contributed by atoms with Crippen molar-refractivity contribution in [3.63, 3.8) is 0 Å². The van der Waals surface area contributed by atoms with E-state index in [2.05, 4.69) is 15.1 Å². The monoisotopic (exact) mass is 366 g/mol. The third-order valence-corrected chi connectivity index (χ3v) is 4.35. The molecule has 134 valence electrons. The van der Waals surface area contributed by atoms with Gasteiger partial charge >= 0.3 is 16.6 Å². The fraction of sp³-hybridized carbons (Fsp3) is 0.375. The average Bonchev–Trinajstić information content (AvgIpc) is 2.92. The van der Waals surface area contributed by atoms with E-state index in [0.29, 0.717) is 22.9 Å². The fourth-order valence-corrected chi connectivity index (χ4v) is 2.63. The summed E-state index contributed by atoms with van der Waals surface area (Å²) < 4.78 is 11.1. The zero-order valence-electron chi connectivity index (χ0n) is 14.0. The summed E-state index contributed by atoms with van der Waals surface area (Å²) in [5.74, 6) is -0.602. The summed E-state index contributed by atoms with van der Waals surface area (Å²) in [5.41, 5.74) is 0.466. The molecule has 0 saturated heterocycles. The van der Waals surface area contributed by atoms with Gasteiger partial charge in [-0.05, 0) is 47.7 Å². The molecule has 8 nitrogen and oxygen atoms in total. The van der Waals surface area contributed by atoms with Crippen molar-refractivity contribution in [2.24, 2.45) is 7.05 Å². The Morgan fingerprint density at radius 1 is 1.32 bits per heavy atom. The smallest absolute Gasteiger partial charge is 0.441 e. The van der Waals surface area contributed by atoms with Gasteiger partial charge in [0.25, 0.3) is 0 Å². The molecule has 2 N–H and O–H groups in total. The number of aryl methyl sites for hydroxylation is 1. The summed E-state index contributed by atoms with van der Waals surface area (Å²) in [6, 6.07) is 6.45. The minimum Gasteiger partial charge on any atom is -0.462 e. The van der Waals surface area contributed by atoms with Crippen LogP contribution in [0.4, 0.5) is 5.69 Å². The number of benzene rings is 1. The number of anilines is 1. The topological polar surface area (TPSA) is 105 Å². The predicted molar refractivity (Wildman–Crippen MR) is 91.5 cm³/mol. The number of unbranched alkanes of at least 4 members (excludes halogenated alkanes) is 1. The number of rotatable bonds is 8. The Labute approximate surface area is 148 Å². The third kappa shape index (κ3) is 5.49. The van der Waals surface area contributed by atoms with Crippen molar-refractivity contribution in [3.8, 4) is 0 Å². The van der Waals surface area contributed by atoms with Crippen molar-refractivity contribution in [2.75, 3.05) is 17.7 Å². The highest BCUT2D eigenvalue weighted by molar-refractivity contribution is 7.99. The van der Waals surface area contributed by atoms with Crippen LogP contribution in [0, 0.1) is 0 Å². The van der Waals surface area contributed by atoms with E-state index in [-0.39, 0.29) is 17.6 Å². The lowest BCUT2D eigenvalue weighted by Crippen LogP contribution is -2.34. The highest BCUT2D eigenvalue weighted by atomic mass is 32.2. The molecular weight excluding hydrogens is 346 g/mol. The molecule has 0 radical (unpaired) electrons. The van der Waals surface area contributed by atoms with Crippen LogP contribution in [0.3, 0.4) is 0 Å². The highest BCUT2D eigenvalue weighted by Gasteiger charge is 2.19. The van der Waals surface area contributed by atoms with Gasteiger partial charge in [-0.25, -0.2) is 9.59 Å². The molecule has 1 heterocycles. The molecule has 1 aromatic carbocycles. The highest BCUT2D eigenvalue weighted by Crippen LogP contribution is 2.13. The van der Waals surface area contributed by atoms with Gasteiger partial charge in [-0.3, -0.25) is 9.32 Å². The summed E-state index contributed by atoms with van der Waals surface area (Å²) in [6.45, 7) is 2.42. The van der Waals surface area contributed by atoms with E-state index in [0.717, 1.165) is 24.6 Å². The number of aromatic amines is 1. The van der Waals surface area contributed by atoms with Crippen LogP contribution in [0.2, 0.25) is 0 Å². The zero-order valence-corrected chi connectivity index (χ0v) is 14.9. The van der Waals surface area contributed by atoms with Crippen LogP contribution in [0.25, 0.3) is 0 Å². The van der Waals surface area contributed by atoms with Gasteiger partial charge in [-0.15, -0.1) is 0 Å². The quantitative estimate of drug-likeness (QED) is 0.317. The Bertz CT molecular complexity index is 782. The molecule has 0 unspecified atom stereocenters. The zero-order chi connectivity index (χ0) is 18.2. The second kappa shape index (κ2) is 9.07. The third-order valence-electron chi connectivity index (χ3n) is 3.23. The molecule has 1 amide bonds. The molecule has 0 fully saturated rings. The number of aromatic nitrogens is 2. The number of H-pyrrole nitrogens is 1. The second-order valence-electron chi connectivity index (χ2n) is 5.25. The maximum atomic E-state index is 11.9. The predicted octanol–water partition coefficient (Wildman–Crippen LogP) is 1.48. The Kier molecular flexibility index (Phi) is 6.81. The number of carbonyl (C=O) groups excluding carboxylic acids is 2. The van der Waals surface area contributed by atoms with Crippen LogP contribution >= 0.6 is 11.8 Å². The van der Waals surface area contributed by atoms with Gasteiger partial charge in [0.05, 0.1) is 17.9 Å². The maximum Gasteiger partial charge on any atom is 0.441 e. The second-order valence-corrected chi connectivity index (χ2v) is 6.21. The van der Waals surface area contributed by atoms with E-state index < -0.39 is 5.63 Å². The largest absolute Gasteiger partial charge is 0.462 e. The van der Waals surface area contributed by atoms with Crippen LogP contribution in [0.1, 0.15) is 30.1 Å². The minimum absolute atomic E-state index is 0.0528. The standard InChI is InChI=1S/C16H19N3O5S/c1-3-4-9-23-15(21)11-5-7-12(8-6-11)17-13(20)10-25-14-16(22)24-18-19(14)2/h5-8H,3-4,9-10H2,1-2H3,(H-,17,18,20,21,22)/p+1. The Morgan fingerprint density at radius 3 is 2.64 bits per heavy atom. The molecule has 0 bridgehead atoms. The normalized spacial score (nSPS) is 10.5. The van der Waals surface area contributed by atoms with Gasteiger partial charge in [-0.1, -0.05) is 18.0 Å². The van der Waals surface area contributed by atoms with Crippen LogP contribution in [-0.2, 0) is 16.6 Å². The number of hydrogen-bond acceptors (Lipinski definition) is 6. The molecule has 0 saturated carbocycles. The van der Waals surface area contributed by atoms with Gasteiger partial charge in [0.15, 0.2) is 7.05 Å². The Hall–Kier alpha value is -2.55. The van der Waals surface area contributed by atoms with Crippen LogP contribution in [-0.4, -0.2) is 29.5 Å². The maximum absolute atomic E-state index is 11.9. The molecule has 0 aliphatic heterocycles. The number of thioether (sulfide) groups is 1. The summed E-state index contributed by atoms with van der Waals surface area (Å²) in [4.78, 5) is 35.1. The van der Waals surface area contributed by atoms with Crippen molar-refractivity contribution in [3.05, 3.63) is 40.2 Å². The number of esters is 1. The van der Waals surface area contributed by atoms with Crippen LogP contribution in [0.5, 0.6) is 0 Å². The SMILES string of the molecule is CCCCOC(=O)c1ccc(NC(=O)CSc2c(=O)o[nH][n+]2C)cc1. The van der Waals surface area contributed by atoms with Crippen molar-refractivity contribution in [1.29, 1.82) is 0 Å². The molecule has 2 aromatic rings. The van der Waals surface area contributed by atoms with Crippen molar-refractivity contribution in [1.82, 2.24) is 5.27 Å². The van der Waals surface area contributed by atoms with E-state index in [1.54, 1.807) is 31.3 Å². The molecule has 0 atom stereocenters. The fourth-order valence-electron chi connectivity index (χ4n) is 1.90. The molecule has 0 aliphatic carbocycles. The number of nitrogens with one attached hydrogen (secondary N) is 2. The molecule has 0 aliphatic rings. The Morgan fingerprint density at radius 2 is 2.04 bits per heavy atom. The lowest BCUT2D eigenvalue weighted by Gasteiger charge is -2.06. The van der Waals surface area contributed by atoms with Gasteiger partial charge in [0.2, 0.25) is 5.91 Å². The van der Waals surface area contributed by atoms with Gasteiger partial charge < -0.3 is 10.1 Å². The molecule has 25 heavy (non-hydrogen) atoms. The first kappa shape index (κ1) is 18.8. The van der Waals surface area contributed by atoms with Crippen molar-refractivity contribution >= 4 is 29.3 Å². The summed E-state index contributed by atoms with van der Waals surface area (Å²) in [7, 11) is 1.61. The molecule has 0 spiro atoms. The molecule has 1 aromatic heterocycles. The van der Waals surface area contributed by atoms with E-state index in [9.17, 15) is 14.4 Å². The van der Waals surface area contributed by atoms with Crippen molar-refractivity contribution < 1.29 is 23.5 Å². The van der Waals surface area contributed by atoms with Crippen LogP contribution < -0.4 is 15.6 Å². The van der Waals surface area contributed by atoms with E-state index in [4.69, 9.17) is 4.74 Å². The average molecular weight is 366 g/mol. The molecular formula is C16H20N3O5S+. The minimum atomic E-state index is -0.522. The number of hydrogen-bond donors (Lipinski definition) is 2. The first-order chi connectivity index (χ1) is 12.0. The number of amides is 1. The summed E-state index contributed by atoms with van der Waals surface area (Å²) in [6.07, 6.45) is 1.79. The Balaban J connectivity index is 1.85. The van der Waals surface area contributed by atoms with Gasteiger partial charge in [0, 0.05) is 5.69 Å². The van der Waals surface area contributed by atoms with Gasteiger partial charge in [0.1, 0.15) is 0 Å².